The van der Waals surface area contributed by atoms with Crippen molar-refractivity contribution in [3.8, 4) is 0 Å². The van der Waals surface area contributed by atoms with Crippen LogP contribution in [-0.2, 0) is 4.79 Å². The van der Waals surface area contributed by atoms with Crippen LogP contribution in [0, 0.1) is 0 Å². The molecule has 0 heterocycles. The quantitative estimate of drug-likeness (QED) is 0.445. The van der Waals surface area contributed by atoms with Gasteiger partial charge in [0, 0.05) is 18.9 Å². The molecular formula is C13H25NO. The molecule has 2 N–H and O–H groups in total. The zero-order chi connectivity index (χ0) is 11.5. The highest BCUT2D eigenvalue weighted by atomic mass is 16.1. The van der Waals surface area contributed by atoms with Crippen LogP contribution in [0.4, 0.5) is 0 Å². The Morgan fingerprint density at radius 2 is 1.93 bits per heavy atom. The summed E-state index contributed by atoms with van der Waals surface area (Å²) < 4.78 is 0. The first-order valence-corrected chi connectivity index (χ1v) is 6.05. The van der Waals surface area contributed by atoms with Gasteiger partial charge in [-0.15, -0.1) is 6.58 Å². The molecule has 0 bridgehead atoms. The van der Waals surface area contributed by atoms with Crippen LogP contribution in [0.2, 0.25) is 0 Å². The SMILES string of the molecule is C=CCCCCCC(=O)CCCC(C)N. The minimum absolute atomic E-state index is 0.227. The topological polar surface area (TPSA) is 43.1 Å². The average molecular weight is 211 g/mol. The molecule has 88 valence electrons. The average Bonchev–Trinajstić information content (AvgIpc) is 2.17. The first kappa shape index (κ1) is 14.4. The number of hydrogen-bond acceptors (Lipinski definition) is 2. The number of carbonyl (C=O) groups is 1. The summed E-state index contributed by atoms with van der Waals surface area (Å²) in [6.07, 6.45) is 9.71. The molecule has 2 nitrogen and oxygen atoms in total. The second-order valence-electron chi connectivity index (χ2n) is 4.30. The number of rotatable bonds is 10. The number of nitrogens with two attached hydrogens (primary N) is 1. The lowest BCUT2D eigenvalue weighted by Crippen LogP contribution is -2.14. The minimum Gasteiger partial charge on any atom is -0.328 e. The maximum atomic E-state index is 11.4. The second kappa shape index (κ2) is 9.91. The van der Waals surface area contributed by atoms with Gasteiger partial charge in [0.05, 0.1) is 0 Å². The summed E-state index contributed by atoms with van der Waals surface area (Å²) in [7, 11) is 0. The molecule has 15 heavy (non-hydrogen) atoms. The zero-order valence-corrected chi connectivity index (χ0v) is 10.0. The minimum atomic E-state index is 0.227. The fourth-order valence-electron chi connectivity index (χ4n) is 1.53. The summed E-state index contributed by atoms with van der Waals surface area (Å²) >= 11 is 0. The first-order chi connectivity index (χ1) is 7.16. The highest BCUT2D eigenvalue weighted by molar-refractivity contribution is 5.78. The number of hydrogen-bond donors (Lipinski definition) is 1. The van der Waals surface area contributed by atoms with Crippen LogP contribution in [0.25, 0.3) is 0 Å². The Kier molecular flexibility index (Phi) is 9.49. The molecule has 0 aromatic rings. The van der Waals surface area contributed by atoms with E-state index >= 15 is 0 Å². The van der Waals surface area contributed by atoms with Gasteiger partial charge < -0.3 is 5.73 Å². The molecule has 2 heteroatoms. The highest BCUT2D eigenvalue weighted by Crippen LogP contribution is 2.07. The lowest BCUT2D eigenvalue weighted by Gasteiger charge is -2.04. The van der Waals surface area contributed by atoms with Crippen LogP contribution in [-0.4, -0.2) is 11.8 Å². The Bertz CT molecular complexity index is 175. The van der Waals surface area contributed by atoms with Crippen LogP contribution in [0.15, 0.2) is 12.7 Å². The van der Waals surface area contributed by atoms with E-state index in [1.165, 1.54) is 0 Å². The van der Waals surface area contributed by atoms with Crippen molar-refractivity contribution in [2.24, 2.45) is 5.73 Å². The van der Waals surface area contributed by atoms with Crippen molar-refractivity contribution in [1.82, 2.24) is 0 Å². The number of allylic oxidation sites excluding steroid dienone is 1. The smallest absolute Gasteiger partial charge is 0.132 e. The third kappa shape index (κ3) is 11.3. The molecule has 0 radical (unpaired) electrons. The Hall–Kier alpha value is -0.630. The largest absolute Gasteiger partial charge is 0.328 e. The molecule has 0 saturated heterocycles. The van der Waals surface area contributed by atoms with Crippen LogP contribution < -0.4 is 5.73 Å². The Balaban J connectivity index is 3.22. The molecule has 0 aliphatic heterocycles. The monoisotopic (exact) mass is 211 g/mol. The maximum absolute atomic E-state index is 11.4. The molecule has 0 aromatic carbocycles. The molecule has 0 aliphatic rings. The Labute approximate surface area is 93.9 Å². The van der Waals surface area contributed by atoms with Crippen molar-refractivity contribution >= 4 is 5.78 Å². The van der Waals surface area contributed by atoms with Gasteiger partial charge in [-0.1, -0.05) is 12.5 Å². The molecule has 1 atom stereocenters. The molecular weight excluding hydrogens is 186 g/mol. The Morgan fingerprint density at radius 1 is 1.27 bits per heavy atom. The van der Waals surface area contributed by atoms with Crippen LogP contribution in [0.5, 0.6) is 0 Å². The van der Waals surface area contributed by atoms with Gasteiger partial charge in [0.25, 0.3) is 0 Å². The summed E-state index contributed by atoms with van der Waals surface area (Å²) in [6.45, 7) is 5.66. The van der Waals surface area contributed by atoms with Gasteiger partial charge in [0.15, 0.2) is 0 Å². The van der Waals surface area contributed by atoms with Crippen molar-refractivity contribution in [2.75, 3.05) is 0 Å². The normalized spacial score (nSPS) is 12.4. The predicted octanol–water partition coefficient (Wildman–Crippen LogP) is 3.21. The summed E-state index contributed by atoms with van der Waals surface area (Å²) in [5.74, 6) is 0.397. The van der Waals surface area contributed by atoms with Crippen molar-refractivity contribution in [2.45, 2.75) is 64.3 Å². The van der Waals surface area contributed by atoms with Gasteiger partial charge >= 0.3 is 0 Å². The lowest BCUT2D eigenvalue weighted by molar-refractivity contribution is -0.119. The van der Waals surface area contributed by atoms with E-state index in [4.69, 9.17) is 5.73 Å². The van der Waals surface area contributed by atoms with Gasteiger partial charge in [-0.2, -0.15) is 0 Å². The lowest BCUT2D eigenvalue weighted by atomic mass is 10.0. The fourth-order valence-corrected chi connectivity index (χ4v) is 1.53. The summed E-state index contributed by atoms with van der Waals surface area (Å²) in [5, 5.41) is 0. The van der Waals surface area contributed by atoms with Crippen LogP contribution in [0.3, 0.4) is 0 Å². The highest BCUT2D eigenvalue weighted by Gasteiger charge is 2.02. The molecule has 0 spiro atoms. The predicted molar refractivity (Wildman–Crippen MR) is 65.8 cm³/mol. The first-order valence-electron chi connectivity index (χ1n) is 6.05. The number of carbonyl (C=O) groups excluding carboxylic acids is 1. The van der Waals surface area contributed by atoms with Crippen molar-refractivity contribution in [3.63, 3.8) is 0 Å². The number of Topliss-reactive ketones (excluding diaryl/α,β-unsaturated/α-hetero) is 1. The molecule has 0 amide bonds. The van der Waals surface area contributed by atoms with E-state index in [0.717, 1.165) is 44.9 Å². The van der Waals surface area contributed by atoms with Gasteiger partial charge in [0.1, 0.15) is 5.78 Å². The van der Waals surface area contributed by atoms with Gasteiger partial charge in [-0.25, -0.2) is 0 Å². The molecule has 0 saturated carbocycles. The van der Waals surface area contributed by atoms with Gasteiger partial charge in [-0.3, -0.25) is 4.79 Å². The second-order valence-corrected chi connectivity index (χ2v) is 4.30. The van der Waals surface area contributed by atoms with Gasteiger partial charge in [0.2, 0.25) is 0 Å². The zero-order valence-electron chi connectivity index (χ0n) is 10.0. The Morgan fingerprint density at radius 3 is 2.53 bits per heavy atom. The van der Waals surface area contributed by atoms with E-state index in [-0.39, 0.29) is 6.04 Å². The van der Waals surface area contributed by atoms with E-state index in [0.29, 0.717) is 12.2 Å². The summed E-state index contributed by atoms with van der Waals surface area (Å²) in [4.78, 5) is 11.4. The van der Waals surface area contributed by atoms with E-state index in [9.17, 15) is 4.79 Å². The standard InChI is InChI=1S/C13H25NO/c1-3-4-5-6-7-10-13(15)11-8-9-12(2)14/h3,12H,1,4-11,14H2,2H3. The van der Waals surface area contributed by atoms with E-state index in [1.54, 1.807) is 0 Å². The number of ketones is 1. The number of unbranched alkanes of at least 4 members (excludes halogenated alkanes) is 3. The van der Waals surface area contributed by atoms with Crippen molar-refractivity contribution < 1.29 is 4.79 Å². The molecule has 0 aromatic heterocycles. The van der Waals surface area contributed by atoms with Crippen LogP contribution in [0.1, 0.15) is 58.3 Å². The van der Waals surface area contributed by atoms with Gasteiger partial charge in [-0.05, 0) is 39.0 Å². The molecule has 0 fully saturated rings. The molecule has 0 aliphatic carbocycles. The van der Waals surface area contributed by atoms with E-state index < -0.39 is 0 Å². The third-order valence-corrected chi connectivity index (χ3v) is 2.48. The third-order valence-electron chi connectivity index (χ3n) is 2.48. The summed E-state index contributed by atoms with van der Waals surface area (Å²) in [5.41, 5.74) is 5.61. The van der Waals surface area contributed by atoms with Crippen molar-refractivity contribution in [1.29, 1.82) is 0 Å². The van der Waals surface area contributed by atoms with Crippen LogP contribution >= 0.6 is 0 Å². The van der Waals surface area contributed by atoms with E-state index in [1.807, 2.05) is 13.0 Å². The summed E-state index contributed by atoms with van der Waals surface area (Å²) in [6, 6.07) is 0.227. The van der Waals surface area contributed by atoms with E-state index in [2.05, 4.69) is 6.58 Å². The molecule has 1 unspecified atom stereocenters. The molecule has 0 rings (SSSR count). The van der Waals surface area contributed by atoms with Crippen molar-refractivity contribution in [3.05, 3.63) is 12.7 Å². The maximum Gasteiger partial charge on any atom is 0.132 e. The fraction of sp³-hybridized carbons (Fsp3) is 0.769.